The van der Waals surface area contributed by atoms with E-state index in [0.717, 1.165) is 41.5 Å². The number of nitrogens with zero attached hydrogens (tertiary/aromatic N) is 3. The number of piperidine rings is 1. The third-order valence-electron chi connectivity index (χ3n) is 6.04. The molecule has 0 bridgehead atoms. The van der Waals surface area contributed by atoms with Gasteiger partial charge in [-0.15, -0.1) is 0 Å². The van der Waals surface area contributed by atoms with Crippen LogP contribution < -0.4 is 15.5 Å². The lowest BCUT2D eigenvalue weighted by molar-refractivity contribution is -0.125. The van der Waals surface area contributed by atoms with Crippen molar-refractivity contribution >= 4 is 23.3 Å². The largest absolute Gasteiger partial charge is 0.469 e. The Morgan fingerprint density at radius 2 is 1.88 bits per heavy atom. The molecular weight excluding hydrogens is 418 g/mol. The van der Waals surface area contributed by atoms with Gasteiger partial charge in [-0.3, -0.25) is 9.59 Å². The van der Waals surface area contributed by atoms with Crippen molar-refractivity contribution < 1.29 is 14.0 Å². The van der Waals surface area contributed by atoms with Crippen LogP contribution in [-0.4, -0.2) is 41.2 Å². The van der Waals surface area contributed by atoms with Gasteiger partial charge in [-0.1, -0.05) is 25.1 Å². The van der Waals surface area contributed by atoms with Crippen LogP contribution in [0.15, 0.2) is 53.1 Å². The molecule has 0 aliphatic carbocycles. The fourth-order valence-electron chi connectivity index (χ4n) is 4.19. The molecule has 3 heterocycles. The van der Waals surface area contributed by atoms with Crippen molar-refractivity contribution in [3.05, 3.63) is 60.2 Å². The zero-order valence-corrected chi connectivity index (χ0v) is 19.2. The quantitative estimate of drug-likeness (QED) is 0.547. The second-order valence-electron chi connectivity index (χ2n) is 8.31. The van der Waals surface area contributed by atoms with E-state index in [0.29, 0.717) is 32.5 Å². The lowest BCUT2D eigenvalue weighted by Crippen LogP contribution is -2.42. The van der Waals surface area contributed by atoms with E-state index in [1.807, 2.05) is 61.0 Å². The summed E-state index contributed by atoms with van der Waals surface area (Å²) < 4.78 is 7.22. The molecule has 1 aromatic carbocycles. The smallest absolute Gasteiger partial charge is 0.224 e. The Hall–Kier alpha value is -3.55. The number of benzene rings is 1. The fraction of sp³-hybridized carbons (Fsp3) is 0.400. The number of anilines is 2. The molecule has 0 spiro atoms. The van der Waals surface area contributed by atoms with Crippen LogP contribution in [-0.2, 0) is 16.0 Å². The van der Waals surface area contributed by atoms with Crippen molar-refractivity contribution in [3.8, 4) is 5.69 Å². The maximum absolute atomic E-state index is 12.7. The summed E-state index contributed by atoms with van der Waals surface area (Å²) in [4.78, 5) is 27.1. The zero-order chi connectivity index (χ0) is 23.2. The molecule has 2 N–H and O–H groups in total. The standard InChI is InChI=1S/C25H31N5O3/c1-3-22(31)27-23-18(2)28-30(20-8-5-4-6-9-20)25(23)29-15-12-19(13-16-29)24(32)26-14-11-21-10-7-17-33-21/h4-10,17,19H,3,11-16H2,1-2H3,(H,26,32)(H,27,31). The van der Waals surface area contributed by atoms with Crippen LogP contribution in [0.1, 0.15) is 37.6 Å². The van der Waals surface area contributed by atoms with Crippen molar-refractivity contribution in [1.29, 1.82) is 0 Å². The lowest BCUT2D eigenvalue weighted by Gasteiger charge is -2.33. The van der Waals surface area contributed by atoms with Gasteiger partial charge in [0.25, 0.3) is 0 Å². The molecular formula is C25H31N5O3. The summed E-state index contributed by atoms with van der Waals surface area (Å²) in [5.41, 5.74) is 2.45. The van der Waals surface area contributed by atoms with E-state index in [2.05, 4.69) is 15.5 Å². The van der Waals surface area contributed by atoms with Gasteiger partial charge in [0.1, 0.15) is 11.4 Å². The number of carbonyl (C=O) groups is 2. The van der Waals surface area contributed by atoms with Gasteiger partial charge in [0.05, 0.1) is 17.6 Å². The van der Waals surface area contributed by atoms with Gasteiger partial charge in [0, 0.05) is 38.4 Å². The molecule has 3 aromatic rings. The molecule has 4 rings (SSSR count). The van der Waals surface area contributed by atoms with Crippen LogP contribution in [0, 0.1) is 12.8 Å². The van der Waals surface area contributed by atoms with E-state index < -0.39 is 0 Å². The van der Waals surface area contributed by atoms with Crippen LogP contribution in [0.25, 0.3) is 5.69 Å². The van der Waals surface area contributed by atoms with Crippen molar-refractivity contribution in [3.63, 3.8) is 0 Å². The number of hydrogen-bond acceptors (Lipinski definition) is 5. The number of amides is 2. The van der Waals surface area contributed by atoms with E-state index in [-0.39, 0.29) is 17.7 Å². The number of furan rings is 1. The third kappa shape index (κ3) is 5.27. The van der Waals surface area contributed by atoms with Crippen LogP contribution >= 0.6 is 0 Å². The number of nitrogens with one attached hydrogen (secondary N) is 2. The minimum absolute atomic E-state index is 0.0271. The van der Waals surface area contributed by atoms with Gasteiger partial charge in [0.2, 0.25) is 11.8 Å². The Morgan fingerprint density at radius 3 is 2.55 bits per heavy atom. The number of hydrogen-bond donors (Lipinski definition) is 2. The summed E-state index contributed by atoms with van der Waals surface area (Å²) in [6.45, 7) is 5.74. The molecule has 174 valence electrons. The van der Waals surface area contributed by atoms with Crippen molar-refractivity contribution in [2.24, 2.45) is 5.92 Å². The minimum Gasteiger partial charge on any atom is -0.469 e. The maximum atomic E-state index is 12.7. The highest BCUT2D eigenvalue weighted by Gasteiger charge is 2.29. The van der Waals surface area contributed by atoms with Crippen LogP contribution in [0.5, 0.6) is 0 Å². The molecule has 8 nitrogen and oxygen atoms in total. The normalized spacial score (nSPS) is 14.3. The molecule has 0 saturated carbocycles. The van der Waals surface area contributed by atoms with Crippen LogP contribution in [0.3, 0.4) is 0 Å². The highest BCUT2D eigenvalue weighted by Crippen LogP contribution is 2.35. The lowest BCUT2D eigenvalue weighted by atomic mass is 9.95. The monoisotopic (exact) mass is 449 g/mol. The van der Waals surface area contributed by atoms with Gasteiger partial charge < -0.3 is 20.0 Å². The predicted octanol–water partition coefficient (Wildman–Crippen LogP) is 3.70. The van der Waals surface area contributed by atoms with E-state index in [1.165, 1.54) is 0 Å². The Balaban J connectivity index is 1.46. The number of carbonyl (C=O) groups excluding carboxylic acids is 2. The zero-order valence-electron chi connectivity index (χ0n) is 19.2. The predicted molar refractivity (Wildman–Crippen MR) is 128 cm³/mol. The summed E-state index contributed by atoms with van der Waals surface area (Å²) in [5, 5.41) is 10.8. The first-order valence-electron chi connectivity index (χ1n) is 11.6. The molecule has 0 atom stereocenters. The minimum atomic E-state index is -0.0437. The molecule has 2 amide bonds. The van der Waals surface area contributed by atoms with Gasteiger partial charge in [-0.05, 0) is 44.0 Å². The van der Waals surface area contributed by atoms with Crippen molar-refractivity contribution in [2.75, 3.05) is 29.9 Å². The van der Waals surface area contributed by atoms with Crippen LogP contribution in [0.2, 0.25) is 0 Å². The van der Waals surface area contributed by atoms with Gasteiger partial charge >= 0.3 is 0 Å². The maximum Gasteiger partial charge on any atom is 0.224 e. The first-order chi connectivity index (χ1) is 16.1. The molecule has 33 heavy (non-hydrogen) atoms. The molecule has 1 fully saturated rings. The SMILES string of the molecule is CCC(=O)Nc1c(C)nn(-c2ccccc2)c1N1CCC(C(=O)NCCc2ccco2)CC1. The Labute approximate surface area is 194 Å². The summed E-state index contributed by atoms with van der Waals surface area (Å²) in [6, 6.07) is 13.7. The highest BCUT2D eigenvalue weighted by molar-refractivity contribution is 5.94. The van der Waals surface area contributed by atoms with Crippen LogP contribution in [0.4, 0.5) is 11.5 Å². The number of aromatic nitrogens is 2. The Bertz CT molecular complexity index is 1070. The molecule has 1 aliphatic heterocycles. The Morgan fingerprint density at radius 1 is 1.12 bits per heavy atom. The first-order valence-corrected chi connectivity index (χ1v) is 11.6. The first kappa shape index (κ1) is 22.6. The van der Waals surface area contributed by atoms with E-state index in [4.69, 9.17) is 9.52 Å². The summed E-state index contributed by atoms with van der Waals surface area (Å²) in [6.07, 6.45) is 4.22. The summed E-state index contributed by atoms with van der Waals surface area (Å²) in [7, 11) is 0. The second-order valence-corrected chi connectivity index (χ2v) is 8.31. The molecule has 0 unspecified atom stereocenters. The fourth-order valence-corrected chi connectivity index (χ4v) is 4.19. The summed E-state index contributed by atoms with van der Waals surface area (Å²) >= 11 is 0. The molecule has 2 aromatic heterocycles. The number of rotatable bonds is 8. The molecule has 1 aliphatic rings. The van der Waals surface area contributed by atoms with E-state index >= 15 is 0 Å². The molecule has 0 radical (unpaired) electrons. The average molecular weight is 450 g/mol. The van der Waals surface area contributed by atoms with Gasteiger partial charge in [-0.25, -0.2) is 4.68 Å². The second kappa shape index (κ2) is 10.4. The van der Waals surface area contributed by atoms with E-state index in [1.54, 1.807) is 6.26 Å². The highest BCUT2D eigenvalue weighted by atomic mass is 16.3. The third-order valence-corrected chi connectivity index (χ3v) is 6.04. The van der Waals surface area contributed by atoms with Gasteiger partial charge in [-0.2, -0.15) is 5.10 Å². The Kier molecular flexibility index (Phi) is 7.12. The number of aryl methyl sites for hydroxylation is 1. The topological polar surface area (TPSA) is 92.4 Å². The molecule has 1 saturated heterocycles. The summed E-state index contributed by atoms with van der Waals surface area (Å²) in [5.74, 6) is 1.76. The average Bonchev–Trinajstić information content (AvgIpc) is 3.48. The van der Waals surface area contributed by atoms with Crippen molar-refractivity contribution in [1.82, 2.24) is 15.1 Å². The number of para-hydroxylation sites is 1. The molecule has 8 heteroatoms. The van der Waals surface area contributed by atoms with Gasteiger partial charge in [0.15, 0.2) is 5.82 Å². The van der Waals surface area contributed by atoms with Crippen molar-refractivity contribution in [2.45, 2.75) is 39.5 Å². The van der Waals surface area contributed by atoms with E-state index in [9.17, 15) is 9.59 Å².